The van der Waals surface area contributed by atoms with Crippen LogP contribution in [0.4, 0.5) is 5.82 Å². The van der Waals surface area contributed by atoms with Gasteiger partial charge in [0.25, 0.3) is 0 Å². The van der Waals surface area contributed by atoms with Gasteiger partial charge in [0.15, 0.2) is 5.82 Å². The number of nitrogens with zero attached hydrogens (tertiary/aromatic N) is 2. The van der Waals surface area contributed by atoms with Gasteiger partial charge >= 0.3 is 0 Å². The molecule has 1 atom stereocenters. The molecule has 94 valence electrons. The maximum atomic E-state index is 5.76. The molecule has 0 saturated heterocycles. The Labute approximate surface area is 107 Å². The number of hydrogen-bond acceptors (Lipinski definition) is 4. The molecule has 1 unspecified atom stereocenters. The van der Waals surface area contributed by atoms with E-state index in [-0.39, 0.29) is 6.10 Å². The fourth-order valence-electron chi connectivity index (χ4n) is 1.75. The van der Waals surface area contributed by atoms with Crippen molar-refractivity contribution in [2.75, 3.05) is 19.0 Å². The number of benzene rings is 1. The Hall–Kier alpha value is -1.94. The molecule has 2 aromatic rings. The summed E-state index contributed by atoms with van der Waals surface area (Å²) in [5, 5.41) is 3.01. The average molecular weight is 243 g/mol. The molecule has 0 aliphatic carbocycles. The van der Waals surface area contributed by atoms with Crippen LogP contribution in [0, 0.1) is 0 Å². The van der Waals surface area contributed by atoms with Crippen LogP contribution in [0.5, 0.6) is 0 Å². The van der Waals surface area contributed by atoms with Crippen molar-refractivity contribution in [1.82, 2.24) is 9.97 Å². The zero-order valence-corrected chi connectivity index (χ0v) is 10.6. The summed E-state index contributed by atoms with van der Waals surface area (Å²) in [6, 6.07) is 11.8. The van der Waals surface area contributed by atoms with Crippen LogP contribution in [-0.4, -0.2) is 23.6 Å². The van der Waals surface area contributed by atoms with Gasteiger partial charge < -0.3 is 10.1 Å². The summed E-state index contributed by atoms with van der Waals surface area (Å²) in [4.78, 5) is 8.75. The Kier molecular flexibility index (Phi) is 4.25. The van der Waals surface area contributed by atoms with E-state index in [1.54, 1.807) is 6.20 Å². The second-order valence-corrected chi connectivity index (χ2v) is 3.80. The van der Waals surface area contributed by atoms with Crippen LogP contribution in [0.15, 0.2) is 42.6 Å². The van der Waals surface area contributed by atoms with Crippen LogP contribution in [0.2, 0.25) is 0 Å². The number of ether oxygens (including phenoxy) is 1. The first-order chi connectivity index (χ1) is 8.85. The molecule has 1 heterocycles. The van der Waals surface area contributed by atoms with Crippen LogP contribution in [0.1, 0.15) is 24.4 Å². The number of anilines is 1. The van der Waals surface area contributed by atoms with Gasteiger partial charge in [-0.05, 0) is 18.6 Å². The van der Waals surface area contributed by atoms with E-state index in [4.69, 9.17) is 4.74 Å². The van der Waals surface area contributed by atoms with Gasteiger partial charge in [0.1, 0.15) is 11.9 Å². The Bertz CT molecular complexity index is 487. The van der Waals surface area contributed by atoms with Crippen LogP contribution in [0.3, 0.4) is 0 Å². The third kappa shape index (κ3) is 2.84. The summed E-state index contributed by atoms with van der Waals surface area (Å²) in [6.45, 7) is 2.59. The maximum Gasteiger partial charge on any atom is 0.164 e. The van der Waals surface area contributed by atoms with Gasteiger partial charge in [-0.2, -0.15) is 0 Å². The van der Waals surface area contributed by atoms with E-state index in [1.807, 2.05) is 50.4 Å². The normalized spacial score (nSPS) is 12.1. The number of nitrogens with one attached hydrogen (secondary N) is 1. The molecule has 0 amide bonds. The zero-order chi connectivity index (χ0) is 12.8. The van der Waals surface area contributed by atoms with E-state index in [0.717, 1.165) is 11.4 Å². The third-order valence-corrected chi connectivity index (χ3v) is 2.60. The van der Waals surface area contributed by atoms with Crippen molar-refractivity contribution in [1.29, 1.82) is 0 Å². The minimum Gasteiger partial charge on any atom is -0.373 e. The molecule has 0 saturated carbocycles. The predicted molar refractivity (Wildman–Crippen MR) is 71.5 cm³/mol. The van der Waals surface area contributed by atoms with Crippen molar-refractivity contribution in [2.24, 2.45) is 0 Å². The molecular formula is C14H17N3O. The third-order valence-electron chi connectivity index (χ3n) is 2.60. The Morgan fingerprint density at radius 2 is 2.00 bits per heavy atom. The van der Waals surface area contributed by atoms with Crippen molar-refractivity contribution < 1.29 is 4.74 Å². The Morgan fingerprint density at radius 3 is 2.67 bits per heavy atom. The highest BCUT2D eigenvalue weighted by atomic mass is 16.5. The molecule has 0 spiro atoms. The van der Waals surface area contributed by atoms with Gasteiger partial charge in [0, 0.05) is 19.9 Å². The van der Waals surface area contributed by atoms with E-state index >= 15 is 0 Å². The summed E-state index contributed by atoms with van der Waals surface area (Å²) < 4.78 is 5.76. The Morgan fingerprint density at radius 1 is 1.22 bits per heavy atom. The van der Waals surface area contributed by atoms with E-state index in [0.29, 0.717) is 12.4 Å². The summed E-state index contributed by atoms with van der Waals surface area (Å²) in [6.07, 6.45) is 1.52. The fourth-order valence-corrected chi connectivity index (χ4v) is 1.75. The monoisotopic (exact) mass is 243 g/mol. The molecule has 0 aliphatic heterocycles. The topological polar surface area (TPSA) is 47.0 Å². The van der Waals surface area contributed by atoms with Crippen LogP contribution in [-0.2, 0) is 4.74 Å². The molecule has 1 aromatic heterocycles. The molecule has 18 heavy (non-hydrogen) atoms. The standard InChI is InChI=1S/C14H17N3O/c1-3-18-13(11-7-5-4-6-8-11)14-16-10-9-12(15-2)17-14/h4-10,13H,3H2,1-2H3,(H,15,16,17). The van der Waals surface area contributed by atoms with Gasteiger partial charge in [-0.15, -0.1) is 0 Å². The van der Waals surface area contributed by atoms with Crippen molar-refractivity contribution in [3.63, 3.8) is 0 Å². The highest BCUT2D eigenvalue weighted by Gasteiger charge is 2.17. The molecule has 1 N–H and O–H groups in total. The lowest BCUT2D eigenvalue weighted by molar-refractivity contribution is 0.0852. The van der Waals surface area contributed by atoms with Gasteiger partial charge in [-0.25, -0.2) is 9.97 Å². The molecule has 1 aromatic carbocycles. The number of aromatic nitrogens is 2. The molecule has 0 bridgehead atoms. The maximum absolute atomic E-state index is 5.76. The second-order valence-electron chi connectivity index (χ2n) is 3.80. The van der Waals surface area contributed by atoms with Crippen LogP contribution >= 0.6 is 0 Å². The van der Waals surface area contributed by atoms with E-state index in [1.165, 1.54) is 0 Å². The Balaban J connectivity index is 2.35. The SMILES string of the molecule is CCOC(c1ccccc1)c1nccc(NC)n1. The van der Waals surface area contributed by atoms with Crippen molar-refractivity contribution in [2.45, 2.75) is 13.0 Å². The van der Waals surface area contributed by atoms with Crippen molar-refractivity contribution in [3.8, 4) is 0 Å². The van der Waals surface area contributed by atoms with Crippen LogP contribution in [0.25, 0.3) is 0 Å². The summed E-state index contributed by atoms with van der Waals surface area (Å²) >= 11 is 0. The molecule has 0 fully saturated rings. The van der Waals surface area contributed by atoms with Gasteiger partial charge in [0.05, 0.1) is 0 Å². The second kappa shape index (κ2) is 6.12. The highest BCUT2D eigenvalue weighted by Crippen LogP contribution is 2.23. The fraction of sp³-hybridized carbons (Fsp3) is 0.286. The summed E-state index contributed by atoms with van der Waals surface area (Å²) in [5.41, 5.74) is 1.06. The number of hydrogen-bond donors (Lipinski definition) is 1. The molecule has 0 radical (unpaired) electrons. The van der Waals surface area contributed by atoms with Gasteiger partial charge in [-0.1, -0.05) is 30.3 Å². The molecule has 4 nitrogen and oxygen atoms in total. The van der Waals surface area contributed by atoms with Gasteiger partial charge in [-0.3, -0.25) is 0 Å². The molecule has 0 aliphatic rings. The van der Waals surface area contributed by atoms with Gasteiger partial charge in [0.2, 0.25) is 0 Å². The zero-order valence-electron chi connectivity index (χ0n) is 10.6. The minimum absolute atomic E-state index is 0.218. The molecule has 2 rings (SSSR count). The van der Waals surface area contributed by atoms with Crippen molar-refractivity contribution >= 4 is 5.82 Å². The highest BCUT2D eigenvalue weighted by molar-refractivity contribution is 5.33. The predicted octanol–water partition coefficient (Wildman–Crippen LogP) is 2.64. The quantitative estimate of drug-likeness (QED) is 0.877. The first-order valence-corrected chi connectivity index (χ1v) is 6.02. The van der Waals surface area contributed by atoms with E-state index < -0.39 is 0 Å². The summed E-state index contributed by atoms with van der Waals surface area (Å²) in [7, 11) is 1.84. The number of rotatable bonds is 5. The lowest BCUT2D eigenvalue weighted by Gasteiger charge is -2.16. The first-order valence-electron chi connectivity index (χ1n) is 6.02. The van der Waals surface area contributed by atoms with Crippen LogP contribution < -0.4 is 5.32 Å². The van der Waals surface area contributed by atoms with Crippen molar-refractivity contribution in [3.05, 3.63) is 54.0 Å². The van der Waals surface area contributed by atoms with E-state index in [2.05, 4.69) is 15.3 Å². The smallest absolute Gasteiger partial charge is 0.164 e. The lowest BCUT2D eigenvalue weighted by Crippen LogP contribution is -2.11. The summed E-state index contributed by atoms with van der Waals surface area (Å²) in [5.74, 6) is 1.47. The first kappa shape index (κ1) is 12.5. The lowest BCUT2D eigenvalue weighted by atomic mass is 10.1. The molecular weight excluding hydrogens is 226 g/mol. The van der Waals surface area contributed by atoms with E-state index in [9.17, 15) is 0 Å². The average Bonchev–Trinajstić information content (AvgIpc) is 2.46. The largest absolute Gasteiger partial charge is 0.373 e. The minimum atomic E-state index is -0.218. The molecule has 4 heteroatoms.